The molecule has 6 nitrogen and oxygen atoms in total. The molecule has 0 aliphatic carbocycles. The van der Waals surface area contributed by atoms with Crippen molar-refractivity contribution in [3.63, 3.8) is 0 Å². The summed E-state index contributed by atoms with van der Waals surface area (Å²) in [5.41, 5.74) is 1.35. The number of ether oxygens (including phenoxy) is 1. The van der Waals surface area contributed by atoms with Crippen LogP contribution in [0.4, 0.5) is 0 Å². The van der Waals surface area contributed by atoms with E-state index < -0.39 is 0 Å². The minimum atomic E-state index is -0.0713. The van der Waals surface area contributed by atoms with Gasteiger partial charge in [-0.2, -0.15) is 5.10 Å². The maximum Gasteiger partial charge on any atom is 0.225 e. The summed E-state index contributed by atoms with van der Waals surface area (Å²) in [5.74, 6) is 0.182. The zero-order chi connectivity index (χ0) is 15.6. The Balaban J connectivity index is 1.42. The van der Waals surface area contributed by atoms with Gasteiger partial charge in [-0.25, -0.2) is 9.67 Å². The summed E-state index contributed by atoms with van der Waals surface area (Å²) in [6.07, 6.45) is 6.67. The summed E-state index contributed by atoms with van der Waals surface area (Å²) in [7, 11) is 0. The van der Waals surface area contributed by atoms with Crippen LogP contribution in [0.5, 0.6) is 0 Å². The summed E-state index contributed by atoms with van der Waals surface area (Å²) in [5, 5.41) is 6.31. The van der Waals surface area contributed by atoms with Crippen LogP contribution in [0.3, 0.4) is 0 Å². The number of hydrogen-bond acceptors (Lipinski definition) is 5. The average molecular weight is 332 g/mol. The van der Waals surface area contributed by atoms with E-state index in [1.54, 1.807) is 24.0 Å². The van der Waals surface area contributed by atoms with Crippen LogP contribution in [0, 0.1) is 0 Å². The number of nitrogens with zero attached hydrogens (tertiary/aromatic N) is 4. The molecule has 1 amide bonds. The Morgan fingerprint density at radius 3 is 3.30 bits per heavy atom. The smallest absolute Gasteiger partial charge is 0.225 e. The van der Waals surface area contributed by atoms with Crippen molar-refractivity contribution in [3.05, 3.63) is 34.5 Å². The number of carbonyl (C=O) groups excluding carboxylic acids is 1. The van der Waals surface area contributed by atoms with Gasteiger partial charge < -0.3 is 9.64 Å². The molecule has 0 unspecified atom stereocenters. The number of thiophene rings is 1. The zero-order valence-corrected chi connectivity index (χ0v) is 13.7. The molecule has 2 aliphatic heterocycles. The molecule has 4 rings (SSSR count). The number of aromatic nitrogens is 3. The molecule has 0 aromatic carbocycles. The third-order valence-electron chi connectivity index (χ3n) is 4.68. The van der Waals surface area contributed by atoms with E-state index >= 15 is 0 Å². The lowest BCUT2D eigenvalue weighted by atomic mass is 10.0. The maximum atomic E-state index is 12.7. The van der Waals surface area contributed by atoms with Crippen molar-refractivity contribution in [1.82, 2.24) is 19.7 Å². The van der Waals surface area contributed by atoms with Crippen molar-refractivity contribution in [2.24, 2.45) is 0 Å². The standard InChI is InChI=1S/C16H20N4O2S/c21-15(8-14-16-12(3-6-22-14)4-7-23-16)19-5-1-2-13(9-19)20-11-17-10-18-20/h4,7,10-11,13-14H,1-3,5-6,8-9H2/t13-,14+/m1/s1. The van der Waals surface area contributed by atoms with Crippen LogP contribution in [-0.4, -0.2) is 45.3 Å². The Morgan fingerprint density at radius 1 is 1.48 bits per heavy atom. The SMILES string of the molecule is O=C(C[C@@H]1OCCc2ccsc21)N1CCC[C@@H](n2cncn2)C1. The van der Waals surface area contributed by atoms with Gasteiger partial charge in [0.25, 0.3) is 0 Å². The van der Waals surface area contributed by atoms with Crippen LogP contribution in [0.15, 0.2) is 24.1 Å². The first-order valence-corrected chi connectivity index (χ1v) is 8.99. The van der Waals surface area contributed by atoms with Gasteiger partial charge in [0.2, 0.25) is 5.91 Å². The molecular weight excluding hydrogens is 312 g/mol. The van der Waals surface area contributed by atoms with E-state index in [9.17, 15) is 4.79 Å². The number of fused-ring (bicyclic) bond motifs is 1. The summed E-state index contributed by atoms with van der Waals surface area (Å²) in [6, 6.07) is 2.39. The Bertz CT molecular complexity index is 669. The summed E-state index contributed by atoms with van der Waals surface area (Å²) >= 11 is 1.70. The topological polar surface area (TPSA) is 60.2 Å². The van der Waals surface area contributed by atoms with Gasteiger partial charge in [-0.1, -0.05) is 0 Å². The van der Waals surface area contributed by atoms with Crippen molar-refractivity contribution in [2.45, 2.75) is 37.8 Å². The van der Waals surface area contributed by atoms with Gasteiger partial charge in [0.1, 0.15) is 18.8 Å². The second kappa shape index (κ2) is 6.41. The number of piperidine rings is 1. The highest BCUT2D eigenvalue weighted by atomic mass is 32.1. The molecule has 2 aliphatic rings. The van der Waals surface area contributed by atoms with Gasteiger partial charge in [-0.3, -0.25) is 4.79 Å². The Hall–Kier alpha value is -1.73. The van der Waals surface area contributed by atoms with E-state index in [0.29, 0.717) is 19.6 Å². The number of amides is 1. The van der Waals surface area contributed by atoms with Crippen molar-refractivity contribution in [2.75, 3.05) is 19.7 Å². The highest BCUT2D eigenvalue weighted by molar-refractivity contribution is 7.10. The molecule has 1 saturated heterocycles. The molecule has 122 valence electrons. The van der Waals surface area contributed by atoms with Crippen LogP contribution in [0.25, 0.3) is 0 Å². The summed E-state index contributed by atoms with van der Waals surface area (Å²) in [6.45, 7) is 2.25. The third-order valence-corrected chi connectivity index (χ3v) is 5.73. The van der Waals surface area contributed by atoms with Crippen molar-refractivity contribution in [1.29, 1.82) is 0 Å². The zero-order valence-electron chi connectivity index (χ0n) is 12.9. The fourth-order valence-electron chi connectivity index (χ4n) is 3.47. The summed E-state index contributed by atoms with van der Waals surface area (Å²) in [4.78, 5) is 19.9. The first-order valence-electron chi connectivity index (χ1n) is 8.11. The Kier molecular flexibility index (Phi) is 4.13. The normalized spacial score (nSPS) is 24.4. The van der Waals surface area contributed by atoms with Crippen LogP contribution in [-0.2, 0) is 16.0 Å². The molecule has 1 fully saturated rings. The monoisotopic (exact) mass is 332 g/mol. The lowest BCUT2D eigenvalue weighted by Gasteiger charge is -2.34. The van der Waals surface area contributed by atoms with Gasteiger partial charge in [-0.15, -0.1) is 11.3 Å². The van der Waals surface area contributed by atoms with E-state index in [2.05, 4.69) is 21.5 Å². The van der Waals surface area contributed by atoms with Crippen LogP contribution >= 0.6 is 11.3 Å². The quantitative estimate of drug-likeness (QED) is 0.864. The maximum absolute atomic E-state index is 12.7. The average Bonchev–Trinajstić information content (AvgIpc) is 3.27. The molecule has 7 heteroatoms. The summed E-state index contributed by atoms with van der Waals surface area (Å²) < 4.78 is 7.73. The lowest BCUT2D eigenvalue weighted by molar-refractivity contribution is -0.136. The van der Waals surface area contributed by atoms with E-state index in [-0.39, 0.29) is 18.1 Å². The first kappa shape index (κ1) is 14.8. The Labute approximate surface area is 139 Å². The predicted octanol–water partition coefficient (Wildman–Crippen LogP) is 2.21. The third kappa shape index (κ3) is 3.03. The molecule has 23 heavy (non-hydrogen) atoms. The van der Waals surface area contributed by atoms with Crippen molar-refractivity contribution >= 4 is 17.2 Å². The van der Waals surface area contributed by atoms with E-state index in [1.807, 2.05) is 9.58 Å². The molecule has 2 atom stereocenters. The number of carbonyl (C=O) groups is 1. The van der Waals surface area contributed by atoms with Crippen LogP contribution in [0.1, 0.15) is 41.8 Å². The van der Waals surface area contributed by atoms with E-state index in [4.69, 9.17) is 4.74 Å². The first-order chi connectivity index (χ1) is 11.3. The lowest BCUT2D eigenvalue weighted by Crippen LogP contribution is -2.41. The minimum Gasteiger partial charge on any atom is -0.372 e. The molecule has 0 radical (unpaired) electrons. The number of hydrogen-bond donors (Lipinski definition) is 0. The second-order valence-corrected chi connectivity index (χ2v) is 7.08. The molecule has 0 bridgehead atoms. The molecule has 2 aromatic rings. The fourth-order valence-corrected chi connectivity index (χ4v) is 4.47. The van der Waals surface area contributed by atoms with Gasteiger partial charge in [0, 0.05) is 18.0 Å². The molecular formula is C16H20N4O2S. The van der Waals surface area contributed by atoms with Gasteiger partial charge in [-0.05, 0) is 36.3 Å². The largest absolute Gasteiger partial charge is 0.372 e. The second-order valence-electron chi connectivity index (χ2n) is 6.13. The highest BCUT2D eigenvalue weighted by Crippen LogP contribution is 2.34. The number of rotatable bonds is 3. The predicted molar refractivity (Wildman–Crippen MR) is 86.2 cm³/mol. The van der Waals surface area contributed by atoms with E-state index in [0.717, 1.165) is 25.8 Å². The molecule has 0 spiro atoms. The van der Waals surface area contributed by atoms with Crippen molar-refractivity contribution < 1.29 is 9.53 Å². The number of likely N-dealkylation sites (tertiary alicyclic amines) is 1. The molecule has 0 saturated carbocycles. The minimum absolute atomic E-state index is 0.0713. The van der Waals surface area contributed by atoms with Crippen LogP contribution in [0.2, 0.25) is 0 Å². The van der Waals surface area contributed by atoms with Gasteiger partial charge in [0.05, 0.1) is 19.1 Å². The van der Waals surface area contributed by atoms with Gasteiger partial charge >= 0.3 is 0 Å². The fraction of sp³-hybridized carbons (Fsp3) is 0.562. The van der Waals surface area contributed by atoms with Gasteiger partial charge in [0.15, 0.2) is 0 Å². The molecule has 4 heterocycles. The van der Waals surface area contributed by atoms with Crippen molar-refractivity contribution in [3.8, 4) is 0 Å². The highest BCUT2D eigenvalue weighted by Gasteiger charge is 2.30. The Morgan fingerprint density at radius 2 is 2.43 bits per heavy atom. The molecule has 0 N–H and O–H groups in total. The van der Waals surface area contributed by atoms with Crippen LogP contribution < -0.4 is 0 Å². The van der Waals surface area contributed by atoms with E-state index in [1.165, 1.54) is 10.4 Å². The molecule has 2 aromatic heterocycles.